The second kappa shape index (κ2) is 10.5. The van der Waals surface area contributed by atoms with E-state index in [0.717, 1.165) is 13.0 Å². The first-order valence-electron chi connectivity index (χ1n) is 8.22. The van der Waals surface area contributed by atoms with Crippen molar-refractivity contribution in [1.82, 2.24) is 0 Å². The Hall–Kier alpha value is -2.32. The number of hydrogen-bond donors (Lipinski definition) is 3. The highest BCUT2D eigenvalue weighted by Crippen LogP contribution is 2.28. The Kier molecular flexibility index (Phi) is 8.73. The molecule has 1 aromatic carbocycles. The van der Waals surface area contributed by atoms with Gasteiger partial charge in [-0.1, -0.05) is 0 Å². The van der Waals surface area contributed by atoms with Crippen molar-refractivity contribution < 1.29 is 34.4 Å². The Morgan fingerprint density at radius 3 is 2.56 bits per heavy atom. The van der Waals surface area contributed by atoms with Gasteiger partial charge >= 0.3 is 0 Å². The van der Waals surface area contributed by atoms with Gasteiger partial charge in [0.2, 0.25) is 5.91 Å². The summed E-state index contributed by atoms with van der Waals surface area (Å²) in [6, 6.07) is 4.07. The molecule has 0 aromatic heterocycles. The summed E-state index contributed by atoms with van der Waals surface area (Å²) in [7, 11) is 7.07. The Morgan fingerprint density at radius 1 is 1.28 bits per heavy atom. The van der Waals surface area contributed by atoms with Crippen molar-refractivity contribution in [3.8, 4) is 11.5 Å². The van der Waals surface area contributed by atoms with Crippen LogP contribution in [0.15, 0.2) is 18.2 Å². The molecule has 0 radical (unpaired) electrons. The van der Waals surface area contributed by atoms with Crippen LogP contribution < -0.4 is 30.1 Å². The second-order valence-electron chi connectivity index (χ2n) is 6.08. The summed E-state index contributed by atoms with van der Waals surface area (Å²) in [5.74, 6) is -0.636. The van der Waals surface area contributed by atoms with Crippen molar-refractivity contribution >= 4 is 17.6 Å². The van der Waals surface area contributed by atoms with Gasteiger partial charge in [0.1, 0.15) is 17.5 Å². The van der Waals surface area contributed by atoms with Crippen LogP contribution in [0.2, 0.25) is 0 Å². The van der Waals surface area contributed by atoms with E-state index in [1.165, 1.54) is 19.1 Å². The maximum atomic E-state index is 12.2. The lowest BCUT2D eigenvalue weighted by atomic mass is 10.2. The summed E-state index contributed by atoms with van der Waals surface area (Å²) in [6.45, 7) is 1.56. The number of quaternary nitrogens is 2. The van der Waals surface area contributed by atoms with E-state index >= 15 is 0 Å². The van der Waals surface area contributed by atoms with Crippen LogP contribution in [0, 0.1) is 0 Å². The zero-order valence-corrected chi connectivity index (χ0v) is 15.3. The summed E-state index contributed by atoms with van der Waals surface area (Å²) < 4.78 is 10.3. The smallest absolute Gasteiger partial charge is 0.230 e. The minimum atomic E-state index is -1.25. The van der Waals surface area contributed by atoms with E-state index in [4.69, 9.17) is 9.47 Å². The molecule has 25 heavy (non-hydrogen) atoms. The maximum absolute atomic E-state index is 12.2. The van der Waals surface area contributed by atoms with E-state index in [1.807, 2.05) is 14.1 Å². The van der Waals surface area contributed by atoms with Crippen LogP contribution in [-0.4, -0.2) is 59.3 Å². The Labute approximate surface area is 148 Å². The average Bonchev–Trinajstić information content (AvgIpc) is 2.56. The molecule has 0 heterocycles. The lowest BCUT2D eigenvalue weighted by Gasteiger charge is -2.17. The van der Waals surface area contributed by atoms with Gasteiger partial charge in [0, 0.05) is 12.5 Å². The van der Waals surface area contributed by atoms with Gasteiger partial charge in [0.15, 0.2) is 0 Å². The van der Waals surface area contributed by atoms with Crippen molar-refractivity contribution in [1.29, 1.82) is 0 Å². The summed E-state index contributed by atoms with van der Waals surface area (Å²) >= 11 is 0. The molecular weight excluding hydrogens is 326 g/mol. The van der Waals surface area contributed by atoms with Gasteiger partial charge in [0.25, 0.3) is 0 Å². The van der Waals surface area contributed by atoms with Gasteiger partial charge in [0.05, 0.1) is 59.5 Å². The molecule has 0 saturated heterocycles. The molecule has 0 saturated carbocycles. The minimum absolute atomic E-state index is 0.183. The molecule has 8 heteroatoms. The van der Waals surface area contributed by atoms with Gasteiger partial charge in [-0.05, 0) is 12.1 Å². The Morgan fingerprint density at radius 2 is 2.00 bits per heavy atom. The van der Waals surface area contributed by atoms with E-state index in [9.17, 15) is 14.7 Å². The lowest BCUT2D eigenvalue weighted by molar-refractivity contribution is -0.860. The third-order valence-corrected chi connectivity index (χ3v) is 3.72. The highest BCUT2D eigenvalue weighted by atomic mass is 16.5. The molecule has 1 atom stereocenters. The monoisotopic (exact) mass is 354 g/mol. The number of hydrogen-bond acceptors (Lipinski definition) is 5. The van der Waals surface area contributed by atoms with Gasteiger partial charge in [-0.2, -0.15) is 0 Å². The number of methoxy groups -OCH3 is 2. The van der Waals surface area contributed by atoms with Gasteiger partial charge in [-0.3, -0.25) is 4.79 Å². The van der Waals surface area contributed by atoms with Gasteiger partial charge < -0.3 is 34.9 Å². The minimum Gasteiger partial charge on any atom is -0.544 e. The van der Waals surface area contributed by atoms with Crippen LogP contribution in [-0.2, 0) is 9.59 Å². The van der Waals surface area contributed by atoms with Crippen LogP contribution in [0.5, 0.6) is 11.5 Å². The van der Waals surface area contributed by atoms with Crippen molar-refractivity contribution in [2.75, 3.05) is 46.7 Å². The standard InChI is InChI=1S/C17H27N3O5/c1-20(2)9-5-8-18-14(17(22)23)11-16(21)19-13-10-12(24-3)6-7-15(13)25-4/h6-7,10,14,18H,5,8-9,11H2,1-4H3,(H,19,21)(H,22,23)/p+1/t14-/m0/s1. The molecule has 1 rings (SSSR count). The molecular formula is C17H28N3O5+. The molecule has 1 amide bonds. The number of amides is 1. The first-order valence-corrected chi connectivity index (χ1v) is 8.22. The summed E-state index contributed by atoms with van der Waals surface area (Å²) in [5, 5.41) is 15.6. The van der Waals surface area contributed by atoms with Crippen molar-refractivity contribution in [2.45, 2.75) is 18.9 Å². The topological polar surface area (TPSA) is 109 Å². The summed E-state index contributed by atoms with van der Waals surface area (Å²) in [6.07, 6.45) is 0.676. The fraction of sp³-hybridized carbons (Fsp3) is 0.529. The predicted molar refractivity (Wildman–Crippen MR) is 90.7 cm³/mol. The van der Waals surface area contributed by atoms with Gasteiger partial charge in [-0.25, -0.2) is 0 Å². The molecule has 140 valence electrons. The number of nitrogens with two attached hydrogens (primary N) is 1. The number of carbonyl (C=O) groups is 2. The van der Waals surface area contributed by atoms with E-state index in [0.29, 0.717) is 23.7 Å². The zero-order valence-electron chi connectivity index (χ0n) is 15.3. The van der Waals surface area contributed by atoms with E-state index in [-0.39, 0.29) is 6.42 Å². The highest BCUT2D eigenvalue weighted by Gasteiger charge is 2.19. The third kappa shape index (κ3) is 7.40. The second-order valence-corrected chi connectivity index (χ2v) is 6.08. The van der Waals surface area contributed by atoms with Crippen LogP contribution in [0.3, 0.4) is 0 Å². The molecule has 0 spiro atoms. The maximum Gasteiger partial charge on any atom is 0.230 e. The fourth-order valence-electron chi connectivity index (χ4n) is 2.35. The number of nitrogens with one attached hydrogen (secondary N) is 2. The molecule has 4 N–H and O–H groups in total. The van der Waals surface area contributed by atoms with E-state index in [1.54, 1.807) is 23.5 Å². The van der Waals surface area contributed by atoms with Crippen LogP contribution >= 0.6 is 0 Å². The van der Waals surface area contributed by atoms with E-state index < -0.39 is 17.9 Å². The molecule has 0 unspecified atom stereocenters. The SMILES string of the molecule is COc1ccc(OC)c(NC(=O)C[C@H]([NH2+]CCC[NH+](C)C)C(=O)[O-])c1. The predicted octanol–water partition coefficient (Wildman–Crippen LogP) is -2.75. The first-order chi connectivity index (χ1) is 11.9. The number of carbonyl (C=O) groups excluding carboxylic acids is 2. The number of ether oxygens (including phenoxy) is 2. The first kappa shape index (κ1) is 20.7. The Bertz CT molecular complexity index is 577. The Balaban J connectivity index is 2.64. The van der Waals surface area contributed by atoms with Gasteiger partial charge in [-0.15, -0.1) is 0 Å². The molecule has 0 aliphatic heterocycles. The third-order valence-electron chi connectivity index (χ3n) is 3.72. The van der Waals surface area contributed by atoms with Crippen molar-refractivity contribution in [2.24, 2.45) is 0 Å². The number of anilines is 1. The van der Waals surface area contributed by atoms with Crippen LogP contribution in [0.25, 0.3) is 0 Å². The number of carboxylic acids is 1. The van der Waals surface area contributed by atoms with Crippen LogP contribution in [0.4, 0.5) is 5.69 Å². The molecule has 1 aromatic rings. The molecule has 0 fully saturated rings. The van der Waals surface area contributed by atoms with E-state index in [2.05, 4.69) is 5.32 Å². The number of benzene rings is 1. The zero-order chi connectivity index (χ0) is 18.8. The molecule has 0 bridgehead atoms. The molecule has 8 nitrogen and oxygen atoms in total. The normalized spacial score (nSPS) is 11.9. The summed E-state index contributed by atoms with van der Waals surface area (Å²) in [4.78, 5) is 24.8. The highest BCUT2D eigenvalue weighted by molar-refractivity contribution is 5.94. The van der Waals surface area contributed by atoms with Crippen molar-refractivity contribution in [3.05, 3.63) is 18.2 Å². The lowest BCUT2D eigenvalue weighted by Crippen LogP contribution is -3.06. The molecule has 0 aliphatic rings. The number of aliphatic carboxylic acids is 1. The number of rotatable bonds is 11. The molecule has 0 aliphatic carbocycles. The largest absolute Gasteiger partial charge is 0.544 e. The summed E-state index contributed by atoms with van der Waals surface area (Å²) in [5.41, 5.74) is 0.431. The van der Waals surface area contributed by atoms with Crippen LogP contribution in [0.1, 0.15) is 12.8 Å². The van der Waals surface area contributed by atoms with Crippen molar-refractivity contribution in [3.63, 3.8) is 0 Å². The average molecular weight is 354 g/mol. The fourth-order valence-corrected chi connectivity index (χ4v) is 2.35. The number of carboxylic acid groups (broad SMARTS) is 1. The quantitative estimate of drug-likeness (QED) is 0.373.